The smallest absolute Gasteiger partial charge is 0.339 e. The molecule has 0 aromatic heterocycles. The quantitative estimate of drug-likeness (QED) is 0.642. The van der Waals surface area contributed by atoms with E-state index in [4.69, 9.17) is 4.18 Å². The van der Waals surface area contributed by atoms with Gasteiger partial charge in [-0.3, -0.25) is 4.79 Å². The van der Waals surface area contributed by atoms with Crippen molar-refractivity contribution in [3.05, 3.63) is 59.9 Å². The van der Waals surface area contributed by atoms with Gasteiger partial charge in [0.1, 0.15) is 16.5 Å². The minimum absolute atomic E-state index is 0.105. The largest absolute Gasteiger partial charge is 0.379 e. The second-order valence-corrected chi connectivity index (χ2v) is 5.62. The van der Waals surface area contributed by atoms with Crippen molar-refractivity contribution in [2.75, 3.05) is 0 Å². The number of carbonyl (C=O) groups excluding carboxylic acids is 1. The molecule has 0 heterocycles. The van der Waals surface area contributed by atoms with E-state index in [0.717, 1.165) is 6.07 Å². The third kappa shape index (κ3) is 3.21. The topological polar surface area (TPSA) is 60.4 Å². The van der Waals surface area contributed by atoms with Crippen molar-refractivity contribution in [2.24, 2.45) is 0 Å². The Morgan fingerprint density at radius 2 is 1.75 bits per heavy atom. The van der Waals surface area contributed by atoms with Crippen LogP contribution in [0.25, 0.3) is 0 Å². The molecule has 104 valence electrons. The molecule has 0 saturated carbocycles. The molecule has 0 aliphatic carbocycles. The van der Waals surface area contributed by atoms with Crippen LogP contribution in [0.3, 0.4) is 0 Å². The number of carbonyl (C=O) groups is 1. The summed E-state index contributed by atoms with van der Waals surface area (Å²) in [5.41, 5.74) is 0.398. The molecule has 0 atom stereocenters. The average Bonchev–Trinajstić information content (AvgIpc) is 2.38. The van der Waals surface area contributed by atoms with Crippen LogP contribution >= 0.6 is 0 Å². The van der Waals surface area contributed by atoms with Gasteiger partial charge in [-0.15, -0.1) is 0 Å². The second kappa shape index (κ2) is 5.42. The average molecular weight is 294 g/mol. The van der Waals surface area contributed by atoms with Crippen molar-refractivity contribution in [3.8, 4) is 5.75 Å². The number of halogens is 1. The minimum Gasteiger partial charge on any atom is -0.379 e. The summed E-state index contributed by atoms with van der Waals surface area (Å²) in [6.45, 7) is 1.38. The van der Waals surface area contributed by atoms with Gasteiger partial charge in [-0.25, -0.2) is 4.39 Å². The molecule has 0 amide bonds. The second-order valence-electron chi connectivity index (χ2n) is 4.08. The van der Waals surface area contributed by atoms with E-state index in [2.05, 4.69) is 0 Å². The summed E-state index contributed by atoms with van der Waals surface area (Å²) in [7, 11) is -4.05. The highest BCUT2D eigenvalue weighted by Crippen LogP contribution is 2.19. The molecule has 0 saturated heterocycles. The molecule has 0 aliphatic rings. The third-order valence-electron chi connectivity index (χ3n) is 2.55. The molecule has 0 fully saturated rings. The number of rotatable bonds is 4. The molecule has 0 N–H and O–H groups in total. The van der Waals surface area contributed by atoms with Gasteiger partial charge in [0.05, 0.1) is 0 Å². The van der Waals surface area contributed by atoms with Crippen LogP contribution in [0.15, 0.2) is 53.4 Å². The fourth-order valence-corrected chi connectivity index (χ4v) is 2.47. The predicted octanol–water partition coefficient (Wildman–Crippen LogP) is 2.80. The maximum Gasteiger partial charge on any atom is 0.339 e. The van der Waals surface area contributed by atoms with Crippen LogP contribution in [-0.2, 0) is 10.1 Å². The Balaban J connectivity index is 2.28. The monoisotopic (exact) mass is 294 g/mol. The van der Waals surface area contributed by atoms with Crippen LogP contribution in [0.1, 0.15) is 17.3 Å². The van der Waals surface area contributed by atoms with Crippen LogP contribution < -0.4 is 4.18 Å². The maximum atomic E-state index is 13.0. The molecule has 2 aromatic carbocycles. The fraction of sp³-hybridized carbons (Fsp3) is 0.0714. The molecule has 4 nitrogen and oxygen atoms in total. The lowest BCUT2D eigenvalue weighted by molar-refractivity contribution is 0.101. The van der Waals surface area contributed by atoms with E-state index in [1.165, 1.54) is 49.4 Å². The Hall–Kier alpha value is -2.21. The molecule has 2 aromatic rings. The fourth-order valence-electron chi connectivity index (χ4n) is 1.55. The van der Waals surface area contributed by atoms with Crippen LogP contribution in [0.2, 0.25) is 0 Å². The van der Waals surface area contributed by atoms with Gasteiger partial charge >= 0.3 is 10.1 Å². The lowest BCUT2D eigenvalue weighted by Crippen LogP contribution is -2.10. The van der Waals surface area contributed by atoms with Gasteiger partial charge in [-0.05, 0) is 31.2 Å². The molecule has 20 heavy (non-hydrogen) atoms. The molecule has 6 heteroatoms. The maximum absolute atomic E-state index is 13.0. The Morgan fingerprint density at radius 3 is 2.30 bits per heavy atom. The van der Waals surface area contributed by atoms with E-state index in [0.29, 0.717) is 5.56 Å². The number of Topliss-reactive ketones (excluding diaryl/α,β-unsaturated/α-hetero) is 1. The van der Waals surface area contributed by atoms with E-state index in [9.17, 15) is 17.6 Å². The highest BCUT2D eigenvalue weighted by Gasteiger charge is 2.17. The first kappa shape index (κ1) is 14.2. The molecule has 0 radical (unpaired) electrons. The lowest BCUT2D eigenvalue weighted by Gasteiger charge is -2.07. The molecule has 2 rings (SSSR count). The summed E-state index contributed by atoms with van der Waals surface area (Å²) in [6.07, 6.45) is 0. The molecule has 0 bridgehead atoms. The Kier molecular flexibility index (Phi) is 3.85. The Morgan fingerprint density at radius 1 is 1.10 bits per heavy atom. The first-order valence-corrected chi connectivity index (χ1v) is 7.10. The zero-order chi connectivity index (χ0) is 14.8. The molecular formula is C14H11FO4S. The van der Waals surface area contributed by atoms with Crippen LogP contribution in [0, 0.1) is 5.82 Å². The van der Waals surface area contributed by atoms with Crippen LogP contribution in [0.5, 0.6) is 5.75 Å². The zero-order valence-corrected chi connectivity index (χ0v) is 11.4. The lowest BCUT2D eigenvalue weighted by atomic mass is 10.2. The van der Waals surface area contributed by atoms with Gasteiger partial charge in [0, 0.05) is 11.6 Å². The number of ketones is 1. The first-order valence-electron chi connectivity index (χ1n) is 5.69. The first-order chi connectivity index (χ1) is 9.38. The summed E-state index contributed by atoms with van der Waals surface area (Å²) in [6, 6.07) is 10.2. The highest BCUT2D eigenvalue weighted by atomic mass is 32.2. The molecular weight excluding hydrogens is 283 g/mol. The van der Waals surface area contributed by atoms with Crippen molar-refractivity contribution < 1.29 is 21.8 Å². The van der Waals surface area contributed by atoms with Crippen molar-refractivity contribution in [3.63, 3.8) is 0 Å². The van der Waals surface area contributed by atoms with Gasteiger partial charge in [-0.1, -0.05) is 18.2 Å². The van der Waals surface area contributed by atoms with Crippen molar-refractivity contribution in [1.82, 2.24) is 0 Å². The van der Waals surface area contributed by atoms with Gasteiger partial charge in [0.2, 0.25) is 0 Å². The summed E-state index contributed by atoms with van der Waals surface area (Å²) >= 11 is 0. The van der Waals surface area contributed by atoms with E-state index >= 15 is 0 Å². The van der Waals surface area contributed by atoms with E-state index in [1.807, 2.05) is 0 Å². The minimum atomic E-state index is -4.05. The zero-order valence-electron chi connectivity index (χ0n) is 10.5. The normalized spacial score (nSPS) is 11.1. The Bertz CT molecular complexity index is 736. The molecule has 0 spiro atoms. The standard InChI is InChI=1S/C14H11FO4S/c1-10(16)11-5-7-14(8-6-11)20(17,18)19-13-4-2-3-12(15)9-13/h2-9H,1H3. The van der Waals surface area contributed by atoms with Crippen molar-refractivity contribution in [1.29, 1.82) is 0 Å². The third-order valence-corrected chi connectivity index (χ3v) is 3.81. The Labute approximate surface area is 115 Å². The van der Waals surface area contributed by atoms with Gasteiger partial charge in [-0.2, -0.15) is 8.42 Å². The summed E-state index contributed by atoms with van der Waals surface area (Å²) < 4.78 is 41.7. The predicted molar refractivity (Wildman–Crippen MR) is 70.7 cm³/mol. The van der Waals surface area contributed by atoms with E-state index in [-0.39, 0.29) is 16.4 Å². The molecule has 0 aliphatic heterocycles. The van der Waals surface area contributed by atoms with Crippen LogP contribution in [-0.4, -0.2) is 14.2 Å². The summed E-state index contributed by atoms with van der Waals surface area (Å²) in [5.74, 6) is -0.870. The summed E-state index contributed by atoms with van der Waals surface area (Å²) in [5, 5.41) is 0. The SMILES string of the molecule is CC(=O)c1ccc(S(=O)(=O)Oc2cccc(F)c2)cc1. The highest BCUT2D eigenvalue weighted by molar-refractivity contribution is 7.87. The van der Waals surface area contributed by atoms with Crippen LogP contribution in [0.4, 0.5) is 4.39 Å². The van der Waals surface area contributed by atoms with Gasteiger partial charge in [0.25, 0.3) is 0 Å². The number of benzene rings is 2. The van der Waals surface area contributed by atoms with E-state index < -0.39 is 15.9 Å². The summed E-state index contributed by atoms with van der Waals surface area (Å²) in [4.78, 5) is 11.0. The van der Waals surface area contributed by atoms with Crippen molar-refractivity contribution >= 4 is 15.9 Å². The van der Waals surface area contributed by atoms with Gasteiger partial charge in [0.15, 0.2) is 5.78 Å². The van der Waals surface area contributed by atoms with E-state index in [1.54, 1.807) is 0 Å². The molecule has 0 unspecified atom stereocenters. The number of hydrogen-bond donors (Lipinski definition) is 0. The van der Waals surface area contributed by atoms with Gasteiger partial charge < -0.3 is 4.18 Å². The van der Waals surface area contributed by atoms with Crippen molar-refractivity contribution in [2.45, 2.75) is 11.8 Å². The number of hydrogen-bond acceptors (Lipinski definition) is 4.